The molecule has 1 aromatic heterocycles. The third kappa shape index (κ3) is 2.60. The first-order chi connectivity index (χ1) is 6.24. The average molecular weight is 180 g/mol. The quantitative estimate of drug-likeness (QED) is 0.589. The van der Waals surface area contributed by atoms with E-state index in [-0.39, 0.29) is 12.2 Å². The lowest BCUT2D eigenvalue weighted by atomic mass is 10.4. The number of hydrogen-bond acceptors (Lipinski definition) is 5. The molecule has 0 aromatic carbocycles. The molecule has 6 nitrogen and oxygen atoms in total. The second kappa shape index (κ2) is 4.27. The molecule has 0 atom stereocenters. The number of carbonyl (C=O) groups excluding carboxylic acids is 2. The van der Waals surface area contributed by atoms with Gasteiger partial charge in [-0.15, -0.1) is 0 Å². The summed E-state index contributed by atoms with van der Waals surface area (Å²) < 4.78 is 0. The first-order valence-corrected chi connectivity index (χ1v) is 3.54. The fourth-order valence-corrected chi connectivity index (χ4v) is 0.658. The van der Waals surface area contributed by atoms with Crippen molar-refractivity contribution in [3.63, 3.8) is 0 Å². The summed E-state index contributed by atoms with van der Waals surface area (Å²) in [5, 5.41) is 2.04. The van der Waals surface area contributed by atoms with Crippen molar-refractivity contribution in [3.8, 4) is 0 Å². The molecule has 2 amide bonds. The molecular weight excluding hydrogens is 172 g/mol. The van der Waals surface area contributed by atoms with Crippen molar-refractivity contribution in [2.24, 2.45) is 5.73 Å². The summed E-state index contributed by atoms with van der Waals surface area (Å²) in [5.74, 6) is -1.14. The van der Waals surface area contributed by atoms with E-state index in [0.717, 1.165) is 0 Å². The summed E-state index contributed by atoms with van der Waals surface area (Å²) in [6, 6.07) is 0. The molecule has 0 aliphatic heterocycles. The topological polar surface area (TPSA) is 98.0 Å². The highest BCUT2D eigenvalue weighted by Gasteiger charge is 2.09. The third-order valence-corrected chi connectivity index (χ3v) is 1.23. The number of carbonyl (C=O) groups is 2. The number of nitrogens with two attached hydrogens (primary N) is 1. The van der Waals surface area contributed by atoms with E-state index < -0.39 is 11.8 Å². The van der Waals surface area contributed by atoms with Gasteiger partial charge in [-0.1, -0.05) is 0 Å². The highest BCUT2D eigenvalue weighted by atomic mass is 16.2. The first kappa shape index (κ1) is 9.27. The second-order valence-corrected chi connectivity index (χ2v) is 2.17. The SMILES string of the molecule is NCC(=O)NC(=O)c1cnccn1. The van der Waals surface area contributed by atoms with Gasteiger partial charge in [-0.05, 0) is 0 Å². The van der Waals surface area contributed by atoms with Crippen molar-refractivity contribution >= 4 is 11.8 Å². The summed E-state index contributed by atoms with van der Waals surface area (Å²) in [6.45, 7) is -0.230. The van der Waals surface area contributed by atoms with E-state index in [0.29, 0.717) is 0 Å². The Balaban J connectivity index is 2.65. The highest BCUT2D eigenvalue weighted by molar-refractivity contribution is 6.03. The van der Waals surface area contributed by atoms with E-state index in [9.17, 15) is 9.59 Å². The normalized spacial score (nSPS) is 9.31. The fourth-order valence-electron chi connectivity index (χ4n) is 0.658. The number of amides is 2. The Kier molecular flexibility index (Phi) is 3.04. The first-order valence-electron chi connectivity index (χ1n) is 3.54. The average Bonchev–Trinajstić information content (AvgIpc) is 2.19. The molecule has 0 radical (unpaired) electrons. The van der Waals surface area contributed by atoms with Crippen molar-refractivity contribution in [3.05, 3.63) is 24.3 Å². The maximum atomic E-state index is 11.1. The van der Waals surface area contributed by atoms with Gasteiger partial charge in [-0.2, -0.15) is 0 Å². The molecule has 0 spiro atoms. The van der Waals surface area contributed by atoms with Gasteiger partial charge < -0.3 is 5.73 Å². The molecule has 0 unspecified atom stereocenters. The number of nitrogens with one attached hydrogen (secondary N) is 1. The van der Waals surface area contributed by atoms with E-state index in [1.165, 1.54) is 18.6 Å². The number of rotatable bonds is 2. The van der Waals surface area contributed by atoms with E-state index in [1.807, 2.05) is 5.32 Å². The zero-order valence-electron chi connectivity index (χ0n) is 6.73. The van der Waals surface area contributed by atoms with Gasteiger partial charge in [0.2, 0.25) is 5.91 Å². The van der Waals surface area contributed by atoms with Gasteiger partial charge in [0.1, 0.15) is 5.69 Å². The second-order valence-electron chi connectivity index (χ2n) is 2.17. The molecule has 1 rings (SSSR count). The van der Waals surface area contributed by atoms with Crippen LogP contribution in [-0.4, -0.2) is 28.3 Å². The predicted molar refractivity (Wildman–Crippen MR) is 43.6 cm³/mol. The van der Waals surface area contributed by atoms with E-state index in [2.05, 4.69) is 9.97 Å². The molecular formula is C7H8N4O2. The Morgan fingerprint density at radius 1 is 1.46 bits per heavy atom. The van der Waals surface area contributed by atoms with Gasteiger partial charge in [0.05, 0.1) is 12.7 Å². The lowest BCUT2D eigenvalue weighted by Gasteiger charge is -1.99. The lowest BCUT2D eigenvalue weighted by Crippen LogP contribution is -2.35. The molecule has 0 aliphatic carbocycles. The zero-order valence-corrected chi connectivity index (χ0v) is 6.73. The summed E-state index contributed by atoms with van der Waals surface area (Å²) >= 11 is 0. The lowest BCUT2D eigenvalue weighted by molar-refractivity contribution is -0.118. The molecule has 0 bridgehead atoms. The van der Waals surface area contributed by atoms with Crippen molar-refractivity contribution in [2.45, 2.75) is 0 Å². The molecule has 6 heteroatoms. The monoisotopic (exact) mass is 180 g/mol. The van der Waals surface area contributed by atoms with Crippen molar-refractivity contribution in [1.29, 1.82) is 0 Å². The minimum atomic E-state index is -0.594. The minimum Gasteiger partial charge on any atom is -0.322 e. The smallest absolute Gasteiger partial charge is 0.278 e. The van der Waals surface area contributed by atoms with Gasteiger partial charge in [0, 0.05) is 12.4 Å². The van der Waals surface area contributed by atoms with Crippen LogP contribution in [0.4, 0.5) is 0 Å². The maximum absolute atomic E-state index is 11.1. The van der Waals surface area contributed by atoms with Crippen LogP contribution in [0.1, 0.15) is 10.5 Å². The van der Waals surface area contributed by atoms with E-state index in [4.69, 9.17) is 5.73 Å². The van der Waals surface area contributed by atoms with Crippen LogP contribution >= 0.6 is 0 Å². The zero-order chi connectivity index (χ0) is 9.68. The van der Waals surface area contributed by atoms with Crippen molar-refractivity contribution in [2.75, 3.05) is 6.54 Å². The fraction of sp³-hybridized carbons (Fsp3) is 0.143. The Morgan fingerprint density at radius 3 is 2.77 bits per heavy atom. The van der Waals surface area contributed by atoms with Crippen molar-refractivity contribution < 1.29 is 9.59 Å². The molecule has 68 valence electrons. The highest BCUT2D eigenvalue weighted by Crippen LogP contribution is 1.88. The standard InChI is InChI=1S/C7H8N4O2/c8-3-6(12)11-7(13)5-4-9-1-2-10-5/h1-2,4H,3,8H2,(H,11,12,13). The molecule has 1 aromatic rings. The van der Waals surface area contributed by atoms with E-state index in [1.54, 1.807) is 0 Å². The Labute approximate surface area is 74.2 Å². The Bertz CT molecular complexity index is 312. The summed E-state index contributed by atoms with van der Waals surface area (Å²) in [5.41, 5.74) is 5.09. The van der Waals surface area contributed by atoms with Gasteiger partial charge in [0.25, 0.3) is 5.91 Å². The van der Waals surface area contributed by atoms with Crippen LogP contribution in [0.25, 0.3) is 0 Å². The Hall–Kier alpha value is -1.82. The summed E-state index contributed by atoms with van der Waals surface area (Å²) in [7, 11) is 0. The summed E-state index contributed by atoms with van der Waals surface area (Å²) in [4.78, 5) is 29.2. The van der Waals surface area contributed by atoms with Gasteiger partial charge >= 0.3 is 0 Å². The largest absolute Gasteiger partial charge is 0.322 e. The summed E-state index contributed by atoms with van der Waals surface area (Å²) in [6.07, 6.45) is 4.06. The van der Waals surface area contributed by atoms with Crippen LogP contribution < -0.4 is 11.1 Å². The molecule has 3 N–H and O–H groups in total. The van der Waals surface area contributed by atoms with Crippen molar-refractivity contribution in [1.82, 2.24) is 15.3 Å². The molecule has 0 saturated carbocycles. The molecule has 1 heterocycles. The van der Waals surface area contributed by atoms with Crippen LogP contribution in [0, 0.1) is 0 Å². The van der Waals surface area contributed by atoms with E-state index >= 15 is 0 Å². The van der Waals surface area contributed by atoms with Crippen LogP contribution in [0.2, 0.25) is 0 Å². The number of imide groups is 1. The van der Waals surface area contributed by atoms with Gasteiger partial charge in [0.15, 0.2) is 0 Å². The van der Waals surface area contributed by atoms with Crippen LogP contribution in [0.3, 0.4) is 0 Å². The molecule has 13 heavy (non-hydrogen) atoms. The van der Waals surface area contributed by atoms with Gasteiger partial charge in [-0.3, -0.25) is 19.9 Å². The van der Waals surface area contributed by atoms with Crippen LogP contribution in [-0.2, 0) is 4.79 Å². The van der Waals surface area contributed by atoms with Crippen LogP contribution in [0.15, 0.2) is 18.6 Å². The maximum Gasteiger partial charge on any atom is 0.278 e. The molecule has 0 saturated heterocycles. The molecule has 0 fully saturated rings. The predicted octanol–water partition coefficient (Wildman–Crippen LogP) is -1.31. The Morgan fingerprint density at radius 2 is 2.23 bits per heavy atom. The number of nitrogens with zero attached hydrogens (tertiary/aromatic N) is 2. The molecule has 0 aliphatic rings. The van der Waals surface area contributed by atoms with Crippen LogP contribution in [0.5, 0.6) is 0 Å². The minimum absolute atomic E-state index is 0.0873. The number of aromatic nitrogens is 2. The van der Waals surface area contributed by atoms with Gasteiger partial charge in [-0.25, -0.2) is 4.98 Å². The number of hydrogen-bond donors (Lipinski definition) is 2. The third-order valence-electron chi connectivity index (χ3n) is 1.23.